The van der Waals surface area contributed by atoms with Gasteiger partial charge < -0.3 is 10.1 Å². The Labute approximate surface area is 141 Å². The molecule has 0 spiro atoms. The van der Waals surface area contributed by atoms with Crippen LogP contribution in [0, 0.1) is 0 Å². The lowest BCUT2D eigenvalue weighted by molar-refractivity contribution is 0.235. The summed E-state index contributed by atoms with van der Waals surface area (Å²) in [6, 6.07) is 16.7. The number of fused-ring (bicyclic) bond motifs is 6. The van der Waals surface area contributed by atoms with E-state index in [1.54, 1.807) is 6.26 Å². The van der Waals surface area contributed by atoms with Crippen molar-refractivity contribution in [2.24, 2.45) is 9.98 Å². The smallest absolute Gasteiger partial charge is 0.222 e. The van der Waals surface area contributed by atoms with Gasteiger partial charge in [0.05, 0.1) is 12.0 Å². The molecule has 2 aromatic rings. The molecule has 0 unspecified atom stereocenters. The summed E-state index contributed by atoms with van der Waals surface area (Å²) >= 11 is 0. The number of anilines is 1. The van der Waals surface area contributed by atoms with E-state index in [2.05, 4.69) is 46.7 Å². The van der Waals surface area contributed by atoms with Gasteiger partial charge in [-0.05, 0) is 47.4 Å². The Morgan fingerprint density at radius 2 is 1.92 bits per heavy atom. The SMILES string of the molecule is C1=C\OCc2cccc(c2)C2=NC(=NCC2)Nc2cccc(c2)C/1. The molecule has 6 bridgehead atoms. The Morgan fingerprint density at radius 3 is 2.92 bits per heavy atom. The second-order valence-electron chi connectivity index (χ2n) is 5.93. The predicted molar refractivity (Wildman–Crippen MR) is 97.6 cm³/mol. The fourth-order valence-electron chi connectivity index (χ4n) is 2.91. The number of aliphatic imine (C=N–C) groups is 2. The number of ether oxygens (including phenoxy) is 1. The lowest BCUT2D eigenvalue weighted by atomic mass is 10.0. The van der Waals surface area contributed by atoms with Gasteiger partial charge in [-0.15, -0.1) is 0 Å². The summed E-state index contributed by atoms with van der Waals surface area (Å²) < 4.78 is 5.66. The van der Waals surface area contributed by atoms with Crippen molar-refractivity contribution in [2.75, 3.05) is 11.9 Å². The van der Waals surface area contributed by atoms with Crippen molar-refractivity contribution in [1.82, 2.24) is 0 Å². The summed E-state index contributed by atoms with van der Waals surface area (Å²) in [5.41, 5.74) is 5.58. The van der Waals surface area contributed by atoms with Crippen LogP contribution in [0.5, 0.6) is 0 Å². The molecule has 4 heteroatoms. The first-order chi connectivity index (χ1) is 11.9. The number of allylic oxidation sites excluding steroid dienone is 1. The number of hydrogen-bond donors (Lipinski definition) is 1. The van der Waals surface area contributed by atoms with Gasteiger partial charge in [-0.3, -0.25) is 4.99 Å². The summed E-state index contributed by atoms with van der Waals surface area (Å²) in [6.07, 6.45) is 5.51. The number of guanidine groups is 1. The molecule has 0 saturated heterocycles. The number of rotatable bonds is 0. The highest BCUT2D eigenvalue weighted by atomic mass is 16.5. The van der Waals surface area contributed by atoms with Crippen LogP contribution in [0.25, 0.3) is 0 Å². The number of nitrogens with one attached hydrogen (secondary N) is 1. The lowest BCUT2D eigenvalue weighted by Crippen LogP contribution is -2.19. The molecule has 2 aromatic carbocycles. The Morgan fingerprint density at radius 1 is 1.00 bits per heavy atom. The van der Waals surface area contributed by atoms with E-state index in [0.717, 1.165) is 41.9 Å². The summed E-state index contributed by atoms with van der Waals surface area (Å²) in [7, 11) is 0. The molecule has 24 heavy (non-hydrogen) atoms. The Bertz CT molecular complexity index is 836. The van der Waals surface area contributed by atoms with Crippen LogP contribution in [0.3, 0.4) is 0 Å². The van der Waals surface area contributed by atoms with Crippen molar-refractivity contribution in [3.8, 4) is 0 Å². The fourth-order valence-corrected chi connectivity index (χ4v) is 2.91. The number of nitrogens with zero attached hydrogens (tertiary/aromatic N) is 2. The second kappa shape index (κ2) is 6.71. The van der Waals surface area contributed by atoms with Gasteiger partial charge in [0, 0.05) is 18.7 Å². The molecule has 0 radical (unpaired) electrons. The minimum atomic E-state index is 0.566. The van der Waals surface area contributed by atoms with E-state index < -0.39 is 0 Å². The lowest BCUT2D eigenvalue weighted by Gasteiger charge is -2.15. The van der Waals surface area contributed by atoms with E-state index in [-0.39, 0.29) is 0 Å². The average Bonchev–Trinajstić information content (AvgIpc) is 2.62. The first-order valence-corrected chi connectivity index (χ1v) is 8.21. The fraction of sp³-hybridized carbons (Fsp3) is 0.200. The third kappa shape index (κ3) is 3.38. The maximum Gasteiger partial charge on any atom is 0.222 e. The van der Waals surface area contributed by atoms with Crippen LogP contribution in [0.2, 0.25) is 0 Å². The first-order valence-electron chi connectivity index (χ1n) is 8.21. The summed E-state index contributed by atoms with van der Waals surface area (Å²) in [4.78, 5) is 9.23. The average molecular weight is 317 g/mol. The third-order valence-corrected chi connectivity index (χ3v) is 4.09. The normalized spacial score (nSPS) is 18.0. The quantitative estimate of drug-likeness (QED) is 0.800. The number of hydrogen-bond acceptors (Lipinski definition) is 4. The van der Waals surface area contributed by atoms with E-state index in [1.165, 1.54) is 5.56 Å². The molecule has 4 rings (SSSR count). The van der Waals surface area contributed by atoms with Gasteiger partial charge in [-0.1, -0.05) is 30.3 Å². The van der Waals surface area contributed by atoms with Crippen LogP contribution in [-0.2, 0) is 17.8 Å². The highest BCUT2D eigenvalue weighted by Crippen LogP contribution is 2.16. The first kappa shape index (κ1) is 14.7. The van der Waals surface area contributed by atoms with Crippen LogP contribution in [0.15, 0.2) is 70.9 Å². The Kier molecular flexibility index (Phi) is 4.11. The van der Waals surface area contributed by atoms with E-state index in [9.17, 15) is 0 Å². The van der Waals surface area contributed by atoms with Crippen LogP contribution < -0.4 is 5.32 Å². The van der Waals surface area contributed by atoms with Gasteiger partial charge in [0.1, 0.15) is 6.61 Å². The van der Waals surface area contributed by atoms with Crippen LogP contribution in [0.4, 0.5) is 5.69 Å². The minimum absolute atomic E-state index is 0.566. The van der Waals surface area contributed by atoms with Gasteiger partial charge in [0.2, 0.25) is 5.96 Å². The minimum Gasteiger partial charge on any atom is -0.497 e. The predicted octanol–water partition coefficient (Wildman–Crippen LogP) is 3.93. The maximum absolute atomic E-state index is 5.66. The molecule has 120 valence electrons. The monoisotopic (exact) mass is 317 g/mol. The van der Waals surface area contributed by atoms with Crippen molar-refractivity contribution >= 4 is 17.4 Å². The van der Waals surface area contributed by atoms with Gasteiger partial charge in [0.15, 0.2) is 0 Å². The van der Waals surface area contributed by atoms with Crippen molar-refractivity contribution in [2.45, 2.75) is 19.4 Å². The van der Waals surface area contributed by atoms with Crippen LogP contribution in [-0.4, -0.2) is 18.2 Å². The van der Waals surface area contributed by atoms with E-state index in [4.69, 9.17) is 9.73 Å². The number of benzene rings is 2. The zero-order valence-electron chi connectivity index (χ0n) is 13.4. The summed E-state index contributed by atoms with van der Waals surface area (Å²) in [5, 5.41) is 3.33. The molecule has 0 fully saturated rings. The molecule has 0 saturated carbocycles. The van der Waals surface area contributed by atoms with Gasteiger partial charge >= 0.3 is 0 Å². The Hall–Kier alpha value is -2.88. The van der Waals surface area contributed by atoms with Crippen molar-refractivity contribution in [3.05, 3.63) is 77.6 Å². The molecule has 2 aliphatic heterocycles. The standard InChI is InChI=1S/C20H19N3O/c1-5-16-12-17(7-1)19-9-10-21-20(23-19)22-18-8-2-4-15(13-18)6-3-11-24-14-16/h1-5,7-8,11-13H,6,9-10,14H2,(H,21,22)/b11-3-. The highest BCUT2D eigenvalue weighted by molar-refractivity contribution is 6.11. The van der Waals surface area contributed by atoms with E-state index >= 15 is 0 Å². The molecule has 4 nitrogen and oxygen atoms in total. The Balaban J connectivity index is 1.73. The van der Waals surface area contributed by atoms with Gasteiger partial charge in [-0.25, -0.2) is 4.99 Å². The molecule has 1 N–H and O–H groups in total. The molecule has 2 aliphatic rings. The van der Waals surface area contributed by atoms with Crippen molar-refractivity contribution < 1.29 is 4.74 Å². The van der Waals surface area contributed by atoms with Gasteiger partial charge in [-0.2, -0.15) is 0 Å². The largest absolute Gasteiger partial charge is 0.497 e. The van der Waals surface area contributed by atoms with Crippen molar-refractivity contribution in [3.63, 3.8) is 0 Å². The molecule has 0 aromatic heterocycles. The molecule has 0 amide bonds. The highest BCUT2D eigenvalue weighted by Gasteiger charge is 2.12. The van der Waals surface area contributed by atoms with E-state index in [1.807, 2.05) is 18.2 Å². The zero-order chi connectivity index (χ0) is 16.2. The third-order valence-electron chi connectivity index (χ3n) is 4.09. The zero-order valence-corrected chi connectivity index (χ0v) is 13.4. The molecule has 0 aliphatic carbocycles. The molecular weight excluding hydrogens is 298 g/mol. The van der Waals surface area contributed by atoms with Crippen LogP contribution in [0.1, 0.15) is 23.1 Å². The van der Waals surface area contributed by atoms with Crippen molar-refractivity contribution in [1.29, 1.82) is 0 Å². The molecule has 2 heterocycles. The second-order valence-corrected chi connectivity index (χ2v) is 5.93. The summed E-state index contributed by atoms with van der Waals surface area (Å²) in [6.45, 7) is 1.32. The molecule has 0 atom stereocenters. The van der Waals surface area contributed by atoms with Crippen LogP contribution >= 0.6 is 0 Å². The van der Waals surface area contributed by atoms with Gasteiger partial charge in [0.25, 0.3) is 0 Å². The summed E-state index contributed by atoms with van der Waals surface area (Å²) in [5.74, 6) is 0.681. The van der Waals surface area contributed by atoms with E-state index in [0.29, 0.717) is 12.6 Å². The topological polar surface area (TPSA) is 46.0 Å². The maximum atomic E-state index is 5.66. The molecular formula is C20H19N3O.